The molecule has 108 valence electrons. The third kappa shape index (κ3) is 4.88. The van der Waals surface area contributed by atoms with Crippen molar-refractivity contribution in [1.82, 2.24) is 4.72 Å². The molecule has 8 heteroatoms. The van der Waals surface area contributed by atoms with Crippen molar-refractivity contribution in [1.29, 1.82) is 0 Å². The molecular weight excluding hydrogens is 377 g/mol. The Morgan fingerprint density at radius 2 is 1.89 bits per heavy atom. The lowest BCUT2D eigenvalue weighted by molar-refractivity contribution is 0.188. The van der Waals surface area contributed by atoms with Gasteiger partial charge in [0.2, 0.25) is 10.0 Å². The number of benzene rings is 1. The van der Waals surface area contributed by atoms with E-state index in [-0.39, 0.29) is 21.0 Å². The molecule has 0 radical (unpaired) electrons. The average Bonchev–Trinajstić information content (AvgIpc) is 2.23. The van der Waals surface area contributed by atoms with Crippen molar-refractivity contribution in [3.63, 3.8) is 0 Å². The molecule has 1 aromatic rings. The van der Waals surface area contributed by atoms with E-state index in [1.54, 1.807) is 14.0 Å². The number of methoxy groups -OCH3 is 1. The molecule has 0 saturated carbocycles. The van der Waals surface area contributed by atoms with Crippen molar-refractivity contribution < 1.29 is 13.2 Å². The number of hydrogen-bond acceptors (Lipinski definition) is 3. The normalized spacial score (nSPS) is 13.5. The molecule has 0 spiro atoms. The quantitative estimate of drug-likeness (QED) is 0.809. The van der Waals surface area contributed by atoms with Crippen LogP contribution in [0.25, 0.3) is 0 Å². The summed E-state index contributed by atoms with van der Waals surface area (Å²) in [6.07, 6.45) is 0.557. The van der Waals surface area contributed by atoms with Gasteiger partial charge < -0.3 is 4.74 Å². The van der Waals surface area contributed by atoms with Gasteiger partial charge in [0.25, 0.3) is 0 Å². The van der Waals surface area contributed by atoms with E-state index in [4.69, 9.17) is 27.9 Å². The van der Waals surface area contributed by atoms with Gasteiger partial charge in [-0.25, -0.2) is 13.1 Å². The lowest BCUT2D eigenvalue weighted by Crippen LogP contribution is -2.33. The van der Waals surface area contributed by atoms with Crippen LogP contribution in [-0.4, -0.2) is 28.2 Å². The minimum atomic E-state index is -3.76. The molecule has 0 saturated heterocycles. The fourth-order valence-electron chi connectivity index (χ4n) is 1.46. The van der Waals surface area contributed by atoms with Crippen LogP contribution in [0.1, 0.15) is 13.3 Å². The second-order valence-electron chi connectivity index (χ2n) is 4.00. The molecule has 0 aromatic heterocycles. The summed E-state index contributed by atoms with van der Waals surface area (Å²) in [4.78, 5) is -0.108. The minimum Gasteiger partial charge on any atom is -0.385 e. The molecule has 0 aliphatic carbocycles. The van der Waals surface area contributed by atoms with Gasteiger partial charge >= 0.3 is 0 Å². The van der Waals surface area contributed by atoms with Gasteiger partial charge in [0, 0.05) is 24.2 Å². The zero-order valence-electron chi connectivity index (χ0n) is 10.4. The van der Waals surface area contributed by atoms with Crippen molar-refractivity contribution in [2.45, 2.75) is 24.3 Å². The van der Waals surface area contributed by atoms with Crippen LogP contribution < -0.4 is 4.72 Å². The maximum Gasteiger partial charge on any atom is 0.243 e. The van der Waals surface area contributed by atoms with Crippen LogP contribution >= 0.6 is 39.1 Å². The summed E-state index contributed by atoms with van der Waals surface area (Å²) >= 11 is 15.1. The zero-order chi connectivity index (χ0) is 14.6. The van der Waals surface area contributed by atoms with Crippen molar-refractivity contribution >= 4 is 49.2 Å². The first-order valence-electron chi connectivity index (χ1n) is 5.43. The Bertz CT molecular complexity index is 528. The highest BCUT2D eigenvalue weighted by Gasteiger charge is 2.24. The first kappa shape index (κ1) is 17.2. The summed E-state index contributed by atoms with van der Waals surface area (Å²) in [5.74, 6) is 0. The van der Waals surface area contributed by atoms with Crippen LogP contribution in [0.15, 0.2) is 21.5 Å². The Hall–Kier alpha value is 0.150. The van der Waals surface area contributed by atoms with E-state index in [1.165, 1.54) is 12.1 Å². The Labute approximate surface area is 131 Å². The number of ether oxygens (including phenoxy) is 1. The molecule has 1 rings (SSSR count). The summed E-state index contributed by atoms with van der Waals surface area (Å²) in [6.45, 7) is 2.21. The highest BCUT2D eigenvalue weighted by Crippen LogP contribution is 2.32. The molecular formula is C11H14BrCl2NO3S. The van der Waals surface area contributed by atoms with E-state index in [9.17, 15) is 8.42 Å². The summed E-state index contributed by atoms with van der Waals surface area (Å²) < 4.78 is 32.5. The van der Waals surface area contributed by atoms with Crippen LogP contribution in [0.2, 0.25) is 10.0 Å². The highest BCUT2D eigenvalue weighted by molar-refractivity contribution is 9.10. The molecule has 0 amide bonds. The lowest BCUT2D eigenvalue weighted by Gasteiger charge is -2.15. The molecule has 19 heavy (non-hydrogen) atoms. The molecule has 1 unspecified atom stereocenters. The van der Waals surface area contributed by atoms with Gasteiger partial charge in [-0.05, 0) is 25.5 Å². The Kier molecular flexibility index (Phi) is 6.56. The lowest BCUT2D eigenvalue weighted by atomic mass is 10.3. The third-order valence-corrected chi connectivity index (χ3v) is 5.31. The van der Waals surface area contributed by atoms with Crippen LogP contribution in [-0.2, 0) is 14.8 Å². The summed E-state index contributed by atoms with van der Waals surface area (Å²) in [5, 5.41) is 0.150. The van der Waals surface area contributed by atoms with E-state index >= 15 is 0 Å². The molecule has 0 aliphatic rings. The second kappa shape index (κ2) is 7.24. The van der Waals surface area contributed by atoms with Gasteiger partial charge in [0.1, 0.15) is 4.90 Å². The number of rotatable bonds is 6. The summed E-state index contributed by atoms with van der Waals surface area (Å²) in [7, 11) is -2.20. The molecule has 1 atom stereocenters. The van der Waals surface area contributed by atoms with Crippen molar-refractivity contribution in [2.75, 3.05) is 13.7 Å². The van der Waals surface area contributed by atoms with Gasteiger partial charge in [-0.2, -0.15) is 0 Å². The van der Waals surface area contributed by atoms with E-state index < -0.39 is 10.0 Å². The first-order valence-corrected chi connectivity index (χ1v) is 8.47. The Morgan fingerprint density at radius 3 is 2.37 bits per heavy atom. The molecule has 4 nitrogen and oxygen atoms in total. The van der Waals surface area contributed by atoms with Gasteiger partial charge in [0.15, 0.2) is 0 Å². The fraction of sp³-hybridized carbons (Fsp3) is 0.455. The van der Waals surface area contributed by atoms with Crippen molar-refractivity contribution in [2.24, 2.45) is 0 Å². The van der Waals surface area contributed by atoms with E-state index in [0.717, 1.165) is 0 Å². The molecule has 0 fully saturated rings. The van der Waals surface area contributed by atoms with Crippen LogP contribution in [0, 0.1) is 0 Å². The number of nitrogens with one attached hydrogen (secondary N) is 1. The summed E-state index contributed by atoms with van der Waals surface area (Å²) in [5.41, 5.74) is 0. The van der Waals surface area contributed by atoms with Gasteiger partial charge in [-0.1, -0.05) is 39.1 Å². The molecule has 1 N–H and O–H groups in total. The SMILES string of the molecule is COCCC(C)NS(=O)(=O)c1c(Cl)cc(Br)cc1Cl. The topological polar surface area (TPSA) is 55.4 Å². The van der Waals surface area contributed by atoms with Gasteiger partial charge in [-0.3, -0.25) is 0 Å². The number of hydrogen-bond donors (Lipinski definition) is 1. The van der Waals surface area contributed by atoms with E-state index in [1.807, 2.05) is 0 Å². The van der Waals surface area contributed by atoms with Gasteiger partial charge in [-0.15, -0.1) is 0 Å². The zero-order valence-corrected chi connectivity index (χ0v) is 14.3. The first-order chi connectivity index (χ1) is 8.77. The maximum atomic E-state index is 12.2. The summed E-state index contributed by atoms with van der Waals surface area (Å²) in [6, 6.07) is 2.70. The Balaban J connectivity index is 3.01. The van der Waals surface area contributed by atoms with Crippen LogP contribution in [0.3, 0.4) is 0 Å². The Morgan fingerprint density at radius 1 is 1.37 bits per heavy atom. The van der Waals surface area contributed by atoms with Crippen molar-refractivity contribution in [3.8, 4) is 0 Å². The van der Waals surface area contributed by atoms with Crippen LogP contribution in [0.4, 0.5) is 0 Å². The van der Waals surface area contributed by atoms with Crippen LogP contribution in [0.5, 0.6) is 0 Å². The monoisotopic (exact) mass is 389 g/mol. The molecule has 0 aliphatic heterocycles. The predicted molar refractivity (Wildman–Crippen MR) is 80.4 cm³/mol. The van der Waals surface area contributed by atoms with E-state index in [2.05, 4.69) is 20.7 Å². The molecule has 0 bridgehead atoms. The van der Waals surface area contributed by atoms with E-state index in [0.29, 0.717) is 17.5 Å². The third-order valence-electron chi connectivity index (χ3n) is 2.34. The minimum absolute atomic E-state index is 0.0748. The number of sulfonamides is 1. The van der Waals surface area contributed by atoms with Crippen molar-refractivity contribution in [3.05, 3.63) is 26.7 Å². The highest BCUT2D eigenvalue weighted by atomic mass is 79.9. The number of halogens is 3. The molecule has 0 heterocycles. The maximum absolute atomic E-state index is 12.2. The standard InChI is InChI=1S/C11H14BrCl2NO3S/c1-7(3-4-18-2)15-19(16,17)11-9(13)5-8(12)6-10(11)14/h5-7,15H,3-4H2,1-2H3. The average molecular weight is 391 g/mol. The second-order valence-corrected chi connectivity index (χ2v) is 7.38. The molecule has 1 aromatic carbocycles. The predicted octanol–water partition coefficient (Wildman–Crippen LogP) is 3.46. The largest absolute Gasteiger partial charge is 0.385 e. The fourth-order valence-corrected chi connectivity index (χ4v) is 4.68. The van der Waals surface area contributed by atoms with Gasteiger partial charge in [0.05, 0.1) is 10.0 Å². The smallest absolute Gasteiger partial charge is 0.243 e.